The van der Waals surface area contributed by atoms with E-state index in [0.29, 0.717) is 57.6 Å². The summed E-state index contributed by atoms with van der Waals surface area (Å²) in [5.41, 5.74) is -0.428. The van der Waals surface area contributed by atoms with Crippen LogP contribution in [0.25, 0.3) is 11.1 Å². The van der Waals surface area contributed by atoms with E-state index in [0.717, 1.165) is 12.1 Å². The lowest BCUT2D eigenvalue weighted by molar-refractivity contribution is -0.139. The zero-order chi connectivity index (χ0) is 41.3. The summed E-state index contributed by atoms with van der Waals surface area (Å²) < 4.78 is 85.3. The number of rotatable bonds is 7. The van der Waals surface area contributed by atoms with Gasteiger partial charge in [-0.2, -0.15) is 26.3 Å². The number of carboxylic acids is 2. The van der Waals surface area contributed by atoms with E-state index in [-0.39, 0.29) is 74.5 Å². The molecule has 0 spiro atoms. The van der Waals surface area contributed by atoms with Crippen LogP contribution in [0.5, 0.6) is 0 Å². The van der Waals surface area contributed by atoms with Crippen molar-refractivity contribution in [2.24, 2.45) is 23.7 Å². The van der Waals surface area contributed by atoms with Crippen LogP contribution in [-0.2, 0) is 12.4 Å². The van der Waals surface area contributed by atoms with Gasteiger partial charge in [-0.3, -0.25) is 4.98 Å². The first-order valence-electron chi connectivity index (χ1n) is 19.1. The third kappa shape index (κ3) is 7.44. The van der Waals surface area contributed by atoms with Gasteiger partial charge in [-0.1, -0.05) is 30.3 Å². The van der Waals surface area contributed by atoms with Crippen LogP contribution in [0, 0.1) is 30.6 Å². The minimum atomic E-state index is -4.71. The molecule has 0 unspecified atom stereocenters. The van der Waals surface area contributed by atoms with Crippen LogP contribution < -0.4 is 10.2 Å². The van der Waals surface area contributed by atoms with Gasteiger partial charge in [0.15, 0.2) is 0 Å². The van der Waals surface area contributed by atoms with E-state index in [9.17, 15) is 50.9 Å². The van der Waals surface area contributed by atoms with Crippen LogP contribution in [0.3, 0.4) is 0 Å². The Hall–Kier alpha value is -5.67. The van der Waals surface area contributed by atoms with Gasteiger partial charge in [0, 0.05) is 49.8 Å². The quantitative estimate of drug-likeness (QED) is 0.157. The highest BCUT2D eigenvalue weighted by molar-refractivity contribution is 6.00. The molecule has 4 fully saturated rings. The molecule has 2 saturated carbocycles. The Labute approximate surface area is 328 Å². The number of aromatic nitrogens is 2. The van der Waals surface area contributed by atoms with Crippen molar-refractivity contribution < 1.29 is 50.9 Å². The standard InChI is InChI=1S/C42H39F6N5O5/c1-21-8-36(33(16-49-21)39(56)57)51-40(58)53-19-28-11-24(12-29(28)20-53)31-7-6-22(14-35(31)42(46,47)48)25-13-32(38(54)55)37(50-15-25)52-17-26-9-23(10-27(26)18-52)30-4-2-3-5-34(30)41(43,44)45/h2-8,13-16,23-24,26-29H,9-12,17-20H2,1H3,(H,54,55)(H,56,57)(H,49,51,58)/t23-,24-,26-,27+,28-,29+. The van der Waals surface area contributed by atoms with Gasteiger partial charge >= 0.3 is 30.3 Å². The second kappa shape index (κ2) is 14.6. The number of pyridine rings is 2. The summed E-state index contributed by atoms with van der Waals surface area (Å²) in [6.07, 6.45) is -4.80. The number of fused-ring (bicyclic) bond motifs is 2. The Kier molecular flexibility index (Phi) is 9.87. The van der Waals surface area contributed by atoms with Gasteiger partial charge < -0.3 is 25.3 Å². The van der Waals surface area contributed by atoms with Crippen LogP contribution in [-0.4, -0.2) is 69.2 Å². The number of alkyl halides is 6. The topological polar surface area (TPSA) is 136 Å². The van der Waals surface area contributed by atoms with Crippen molar-refractivity contribution in [3.8, 4) is 11.1 Å². The Morgan fingerprint density at radius 1 is 0.672 bits per heavy atom. The molecule has 8 rings (SSSR count). The first-order chi connectivity index (χ1) is 27.4. The number of carbonyl (C=O) groups excluding carboxylic acids is 1. The summed E-state index contributed by atoms with van der Waals surface area (Å²) in [6, 6.07) is 11.9. The molecule has 304 valence electrons. The van der Waals surface area contributed by atoms with Crippen molar-refractivity contribution in [3.63, 3.8) is 0 Å². The fourth-order valence-electron chi connectivity index (χ4n) is 9.95. The molecule has 0 bridgehead atoms. The lowest BCUT2D eigenvalue weighted by atomic mass is 9.89. The highest BCUT2D eigenvalue weighted by Crippen LogP contribution is 2.51. The SMILES string of the molecule is Cc1cc(NC(=O)N2C[C@H]3C[C@@H](c4ccc(-c5cnc(N6C[C@H]7C[C@@H](c8ccccc8C(F)(F)F)C[C@H]7C6)c(C(=O)O)c5)cc4C(F)(F)F)C[C@H]3C2)c(C(=O)O)cn1. The maximum Gasteiger partial charge on any atom is 0.416 e. The molecule has 2 amide bonds. The number of hydrogen-bond acceptors (Lipinski definition) is 6. The normalized spacial score (nSPS) is 24.2. The predicted molar refractivity (Wildman–Crippen MR) is 200 cm³/mol. The molecule has 4 aromatic rings. The molecule has 4 heterocycles. The molecule has 2 aliphatic carbocycles. The van der Waals surface area contributed by atoms with Gasteiger partial charge in [-0.05, 0) is 109 Å². The van der Waals surface area contributed by atoms with Gasteiger partial charge in [0.2, 0.25) is 0 Å². The molecule has 16 heteroatoms. The van der Waals surface area contributed by atoms with Crippen LogP contribution >= 0.6 is 0 Å². The number of hydrogen-bond donors (Lipinski definition) is 3. The largest absolute Gasteiger partial charge is 0.478 e. The molecule has 58 heavy (non-hydrogen) atoms. The lowest BCUT2D eigenvalue weighted by Gasteiger charge is -2.24. The van der Waals surface area contributed by atoms with E-state index in [1.165, 1.54) is 48.8 Å². The van der Waals surface area contributed by atoms with Gasteiger partial charge in [0.05, 0.1) is 16.8 Å². The number of benzene rings is 2. The molecule has 10 nitrogen and oxygen atoms in total. The highest BCUT2D eigenvalue weighted by Gasteiger charge is 2.47. The van der Waals surface area contributed by atoms with Crippen LogP contribution in [0.1, 0.15) is 86.2 Å². The summed E-state index contributed by atoms with van der Waals surface area (Å²) in [5.74, 6) is -3.16. The number of aromatic carboxylic acids is 2. The Morgan fingerprint density at radius 3 is 1.83 bits per heavy atom. The van der Waals surface area contributed by atoms with E-state index in [1.807, 2.05) is 4.90 Å². The summed E-state index contributed by atoms with van der Waals surface area (Å²) >= 11 is 0. The fourth-order valence-corrected chi connectivity index (χ4v) is 9.95. The predicted octanol–water partition coefficient (Wildman–Crippen LogP) is 9.17. The van der Waals surface area contributed by atoms with Crippen molar-refractivity contribution in [2.45, 2.75) is 56.8 Å². The number of aryl methyl sites for hydroxylation is 1. The zero-order valence-corrected chi connectivity index (χ0v) is 31.1. The maximum atomic E-state index is 14.7. The van der Waals surface area contributed by atoms with Crippen molar-refractivity contribution in [3.05, 3.63) is 106 Å². The third-order valence-electron chi connectivity index (χ3n) is 12.5. The van der Waals surface area contributed by atoms with Crippen molar-refractivity contribution in [1.82, 2.24) is 14.9 Å². The monoisotopic (exact) mass is 807 g/mol. The Morgan fingerprint density at radius 2 is 1.24 bits per heavy atom. The lowest BCUT2D eigenvalue weighted by Crippen LogP contribution is -2.34. The second-order valence-corrected chi connectivity index (χ2v) is 16.1. The number of halogens is 6. The summed E-state index contributed by atoms with van der Waals surface area (Å²) in [7, 11) is 0. The fraction of sp³-hybridized carbons (Fsp3) is 0.405. The Bertz CT molecular complexity index is 2270. The highest BCUT2D eigenvalue weighted by atomic mass is 19.4. The number of urea groups is 1. The van der Waals surface area contributed by atoms with Crippen LogP contribution in [0.15, 0.2) is 67.0 Å². The maximum absolute atomic E-state index is 14.7. The van der Waals surface area contributed by atoms with Crippen molar-refractivity contribution >= 4 is 29.5 Å². The number of amides is 2. The molecule has 0 radical (unpaired) electrons. The van der Waals surface area contributed by atoms with E-state index < -0.39 is 47.4 Å². The van der Waals surface area contributed by atoms with Gasteiger partial charge in [0.1, 0.15) is 16.9 Å². The number of anilines is 2. The van der Waals surface area contributed by atoms with E-state index in [1.54, 1.807) is 17.9 Å². The molecular formula is C42H39F6N5O5. The number of carboxylic acid groups (broad SMARTS) is 2. The molecule has 2 aromatic carbocycles. The number of nitrogens with zero attached hydrogens (tertiary/aromatic N) is 4. The molecule has 6 atom stereocenters. The average Bonchev–Trinajstić information content (AvgIpc) is 3.94. The van der Waals surface area contributed by atoms with Crippen LogP contribution in [0.4, 0.5) is 42.6 Å². The van der Waals surface area contributed by atoms with E-state index in [4.69, 9.17) is 0 Å². The molecule has 2 aromatic heterocycles. The number of likely N-dealkylation sites (tertiary alicyclic amines) is 1. The third-order valence-corrected chi connectivity index (χ3v) is 12.5. The molecule has 4 aliphatic rings. The van der Waals surface area contributed by atoms with Gasteiger partial charge in [0.25, 0.3) is 0 Å². The number of carbonyl (C=O) groups is 3. The van der Waals surface area contributed by atoms with E-state index >= 15 is 0 Å². The zero-order valence-electron chi connectivity index (χ0n) is 31.1. The minimum Gasteiger partial charge on any atom is -0.478 e. The number of nitrogens with one attached hydrogen (secondary N) is 1. The molecule has 2 aliphatic heterocycles. The van der Waals surface area contributed by atoms with Gasteiger partial charge in [-0.25, -0.2) is 19.4 Å². The summed E-state index contributed by atoms with van der Waals surface area (Å²) in [4.78, 5) is 49.1. The minimum absolute atomic E-state index is 0.0232. The summed E-state index contributed by atoms with van der Waals surface area (Å²) in [5, 5.41) is 22.4. The second-order valence-electron chi connectivity index (χ2n) is 16.1. The molecule has 3 N–H and O–H groups in total. The van der Waals surface area contributed by atoms with Gasteiger partial charge in [-0.15, -0.1) is 0 Å². The van der Waals surface area contributed by atoms with Crippen LogP contribution in [0.2, 0.25) is 0 Å². The first kappa shape index (κ1) is 39.2. The average molecular weight is 808 g/mol. The molecular weight excluding hydrogens is 768 g/mol. The smallest absolute Gasteiger partial charge is 0.416 e. The summed E-state index contributed by atoms with van der Waals surface area (Å²) in [6.45, 7) is 3.07. The van der Waals surface area contributed by atoms with Crippen molar-refractivity contribution in [1.29, 1.82) is 0 Å². The van der Waals surface area contributed by atoms with E-state index in [2.05, 4.69) is 15.3 Å². The first-order valence-corrected chi connectivity index (χ1v) is 19.1. The van der Waals surface area contributed by atoms with Crippen molar-refractivity contribution in [2.75, 3.05) is 36.4 Å². The molecule has 2 saturated heterocycles. The Balaban J connectivity index is 0.960.